The second-order valence-corrected chi connectivity index (χ2v) is 6.37. The average Bonchev–Trinajstić information content (AvgIpc) is 2.58. The number of rotatable bonds is 7. The number of amides is 1. The predicted octanol–water partition coefficient (Wildman–Crippen LogP) is 3.15. The molecule has 0 saturated carbocycles. The molecule has 0 heterocycles. The Morgan fingerprint density at radius 3 is 2.52 bits per heavy atom. The Labute approximate surface area is 151 Å². The van der Waals surface area contributed by atoms with Gasteiger partial charge in [0.1, 0.15) is 5.56 Å². The largest absolute Gasteiger partial charge is 0.350 e. The van der Waals surface area contributed by atoms with Gasteiger partial charge in [0.05, 0.1) is 4.92 Å². The van der Waals surface area contributed by atoms with Crippen molar-refractivity contribution in [1.29, 1.82) is 0 Å². The van der Waals surface area contributed by atoms with Crippen LogP contribution in [-0.2, 0) is 6.42 Å². The first kappa shape index (κ1) is 18.9. The van der Waals surface area contributed by atoms with Crippen molar-refractivity contribution in [2.24, 2.45) is 0 Å². The highest BCUT2D eigenvalue weighted by Crippen LogP contribution is 2.23. The Hall–Kier alpha value is -2.44. The summed E-state index contributed by atoms with van der Waals surface area (Å²) in [5.74, 6) is -0.483. The Morgan fingerprint density at radius 2 is 1.92 bits per heavy atom. The Morgan fingerprint density at radius 1 is 1.24 bits per heavy atom. The zero-order valence-electron chi connectivity index (χ0n) is 14.1. The van der Waals surface area contributed by atoms with E-state index in [1.807, 2.05) is 49.3 Å². The number of likely N-dealkylation sites (N-methyl/N-ethyl adjacent to an activating group) is 1. The standard InChI is InChI=1S/C18H20ClN3O3/c1-21(2)15(10-13-6-4-3-5-7-13)12-20-18(23)16-9-8-14(19)11-17(16)22(24)25/h3-9,11,15H,10,12H2,1-2H3,(H,20,23). The Kier molecular flexibility index (Phi) is 6.50. The van der Waals surface area contributed by atoms with Crippen molar-refractivity contribution in [3.63, 3.8) is 0 Å². The summed E-state index contributed by atoms with van der Waals surface area (Å²) < 4.78 is 0. The summed E-state index contributed by atoms with van der Waals surface area (Å²) in [7, 11) is 3.87. The molecule has 2 aromatic rings. The highest BCUT2D eigenvalue weighted by molar-refractivity contribution is 6.31. The number of carbonyl (C=O) groups is 1. The fraction of sp³-hybridized carbons (Fsp3) is 0.278. The van der Waals surface area contributed by atoms with Crippen LogP contribution in [0.1, 0.15) is 15.9 Å². The maximum absolute atomic E-state index is 12.4. The number of nitro benzene ring substituents is 1. The molecule has 2 aromatic carbocycles. The van der Waals surface area contributed by atoms with Gasteiger partial charge in [-0.15, -0.1) is 0 Å². The van der Waals surface area contributed by atoms with Gasteiger partial charge in [-0.1, -0.05) is 41.9 Å². The van der Waals surface area contributed by atoms with Crippen molar-refractivity contribution < 1.29 is 9.72 Å². The average molecular weight is 362 g/mol. The third-order valence-corrected chi connectivity index (χ3v) is 4.18. The molecule has 132 valence electrons. The quantitative estimate of drug-likeness (QED) is 0.607. The topological polar surface area (TPSA) is 75.5 Å². The zero-order valence-corrected chi connectivity index (χ0v) is 14.9. The molecule has 0 aromatic heterocycles. The van der Waals surface area contributed by atoms with Crippen LogP contribution in [0.3, 0.4) is 0 Å². The maximum Gasteiger partial charge on any atom is 0.283 e. The Bertz CT molecular complexity index is 750. The maximum atomic E-state index is 12.4. The second-order valence-electron chi connectivity index (χ2n) is 5.94. The molecule has 0 bridgehead atoms. The van der Waals surface area contributed by atoms with E-state index in [1.165, 1.54) is 18.2 Å². The van der Waals surface area contributed by atoms with Crippen LogP contribution in [-0.4, -0.2) is 42.4 Å². The fourth-order valence-corrected chi connectivity index (χ4v) is 2.64. The number of nitro groups is 1. The van der Waals surface area contributed by atoms with Gasteiger partial charge in [0, 0.05) is 23.7 Å². The van der Waals surface area contributed by atoms with E-state index in [4.69, 9.17) is 11.6 Å². The lowest BCUT2D eigenvalue weighted by Crippen LogP contribution is -2.41. The van der Waals surface area contributed by atoms with Crippen LogP contribution >= 0.6 is 11.6 Å². The summed E-state index contributed by atoms with van der Waals surface area (Å²) in [5, 5.41) is 14.1. The van der Waals surface area contributed by atoms with Crippen LogP contribution < -0.4 is 5.32 Å². The van der Waals surface area contributed by atoms with E-state index in [0.29, 0.717) is 6.54 Å². The Balaban J connectivity index is 2.08. The molecular weight excluding hydrogens is 342 g/mol. The molecule has 0 aliphatic rings. The molecule has 0 saturated heterocycles. The minimum Gasteiger partial charge on any atom is -0.350 e. The van der Waals surface area contributed by atoms with Gasteiger partial charge in [-0.2, -0.15) is 0 Å². The minimum absolute atomic E-state index is 0.00613. The molecule has 1 N–H and O–H groups in total. The summed E-state index contributed by atoms with van der Waals surface area (Å²) in [6, 6.07) is 14.0. The summed E-state index contributed by atoms with van der Waals surface area (Å²) in [4.78, 5) is 24.9. The van der Waals surface area contributed by atoms with Crippen LogP contribution in [0.25, 0.3) is 0 Å². The van der Waals surface area contributed by atoms with Crippen molar-refractivity contribution >= 4 is 23.2 Å². The lowest BCUT2D eigenvalue weighted by atomic mass is 10.0. The molecule has 0 spiro atoms. The van der Waals surface area contributed by atoms with Crippen molar-refractivity contribution in [2.75, 3.05) is 20.6 Å². The summed E-state index contributed by atoms with van der Waals surface area (Å²) >= 11 is 5.78. The molecular formula is C18H20ClN3O3. The minimum atomic E-state index is -0.603. The van der Waals surface area contributed by atoms with Crippen molar-refractivity contribution in [1.82, 2.24) is 10.2 Å². The SMILES string of the molecule is CN(C)C(CNC(=O)c1ccc(Cl)cc1[N+](=O)[O-])Cc1ccccc1. The van der Waals surface area contributed by atoms with Crippen LogP contribution in [0.4, 0.5) is 5.69 Å². The fourth-order valence-electron chi connectivity index (χ4n) is 2.48. The van der Waals surface area contributed by atoms with Gasteiger partial charge in [-0.25, -0.2) is 0 Å². The molecule has 6 nitrogen and oxygen atoms in total. The van der Waals surface area contributed by atoms with Gasteiger partial charge in [0.2, 0.25) is 0 Å². The van der Waals surface area contributed by atoms with Gasteiger partial charge in [0.25, 0.3) is 11.6 Å². The van der Waals surface area contributed by atoms with Gasteiger partial charge in [0.15, 0.2) is 0 Å². The third kappa shape index (κ3) is 5.27. The van der Waals surface area contributed by atoms with E-state index in [9.17, 15) is 14.9 Å². The normalized spacial score (nSPS) is 12.0. The molecule has 0 aliphatic carbocycles. The van der Waals surface area contributed by atoms with Gasteiger partial charge in [-0.3, -0.25) is 14.9 Å². The predicted molar refractivity (Wildman–Crippen MR) is 98.1 cm³/mol. The van der Waals surface area contributed by atoms with Gasteiger partial charge in [-0.05, 0) is 38.2 Å². The highest BCUT2D eigenvalue weighted by atomic mass is 35.5. The van der Waals surface area contributed by atoms with Crippen LogP contribution in [0.2, 0.25) is 5.02 Å². The van der Waals surface area contributed by atoms with E-state index >= 15 is 0 Å². The molecule has 25 heavy (non-hydrogen) atoms. The van der Waals surface area contributed by atoms with E-state index in [-0.39, 0.29) is 22.3 Å². The molecule has 0 aliphatic heterocycles. The van der Waals surface area contributed by atoms with E-state index in [1.54, 1.807) is 0 Å². The number of nitrogens with zero attached hydrogens (tertiary/aromatic N) is 2. The van der Waals surface area contributed by atoms with Crippen LogP contribution in [0.5, 0.6) is 0 Å². The van der Waals surface area contributed by atoms with Gasteiger partial charge >= 0.3 is 0 Å². The second kappa shape index (κ2) is 8.60. The first-order chi connectivity index (χ1) is 11.9. The molecule has 0 fully saturated rings. The van der Waals surface area contributed by atoms with Crippen molar-refractivity contribution in [2.45, 2.75) is 12.5 Å². The zero-order chi connectivity index (χ0) is 18.4. The molecule has 1 unspecified atom stereocenters. The number of halogens is 1. The van der Waals surface area contributed by atoms with Crippen molar-refractivity contribution in [3.05, 3.63) is 74.8 Å². The molecule has 1 amide bonds. The molecule has 0 radical (unpaired) electrons. The molecule has 1 atom stereocenters. The summed E-state index contributed by atoms with van der Waals surface area (Å²) in [5.41, 5.74) is 0.869. The van der Waals surface area contributed by atoms with Gasteiger partial charge < -0.3 is 10.2 Å². The first-order valence-corrected chi connectivity index (χ1v) is 8.18. The molecule has 7 heteroatoms. The monoisotopic (exact) mass is 361 g/mol. The summed E-state index contributed by atoms with van der Waals surface area (Å²) in [6.07, 6.45) is 0.761. The number of carbonyl (C=O) groups excluding carboxylic acids is 1. The summed E-state index contributed by atoms with van der Waals surface area (Å²) in [6.45, 7) is 0.376. The smallest absolute Gasteiger partial charge is 0.283 e. The highest BCUT2D eigenvalue weighted by Gasteiger charge is 2.22. The van der Waals surface area contributed by atoms with Crippen LogP contribution in [0, 0.1) is 10.1 Å². The number of nitrogens with one attached hydrogen (secondary N) is 1. The number of benzene rings is 2. The van der Waals surface area contributed by atoms with E-state index in [0.717, 1.165) is 12.0 Å². The number of hydrogen-bond donors (Lipinski definition) is 1. The molecule has 2 rings (SSSR count). The van der Waals surface area contributed by atoms with E-state index in [2.05, 4.69) is 5.32 Å². The lowest BCUT2D eigenvalue weighted by Gasteiger charge is -2.24. The van der Waals surface area contributed by atoms with E-state index < -0.39 is 10.8 Å². The first-order valence-electron chi connectivity index (χ1n) is 7.81. The van der Waals surface area contributed by atoms with Crippen LogP contribution in [0.15, 0.2) is 48.5 Å². The number of hydrogen-bond acceptors (Lipinski definition) is 4. The van der Waals surface area contributed by atoms with Crippen molar-refractivity contribution in [3.8, 4) is 0 Å². The lowest BCUT2D eigenvalue weighted by molar-refractivity contribution is -0.385. The third-order valence-electron chi connectivity index (χ3n) is 3.94.